The Morgan fingerprint density at radius 2 is 1.94 bits per heavy atom. The van der Waals surface area contributed by atoms with Crippen LogP contribution >= 0.6 is 0 Å². The number of rotatable bonds is 1. The summed E-state index contributed by atoms with van der Waals surface area (Å²) in [5.74, 6) is 0.297. The Kier molecular flexibility index (Phi) is 2.21. The summed E-state index contributed by atoms with van der Waals surface area (Å²) in [6.45, 7) is 0. The number of carbonyl (C=O) groups is 1. The Morgan fingerprint density at radius 3 is 2.47 bits per heavy atom. The van der Waals surface area contributed by atoms with Crippen LogP contribution in [0, 0.1) is 5.92 Å². The van der Waals surface area contributed by atoms with Crippen LogP contribution < -0.4 is 5.73 Å². The zero-order valence-electron chi connectivity index (χ0n) is 9.34. The number of fused-ring (bicyclic) bond motifs is 1. The highest BCUT2D eigenvalue weighted by atomic mass is 16.2. The Bertz CT molecular complexity index is 549. The molecule has 0 fully saturated rings. The highest BCUT2D eigenvalue weighted by Gasteiger charge is 2.28. The van der Waals surface area contributed by atoms with E-state index in [0.29, 0.717) is 0 Å². The van der Waals surface area contributed by atoms with Gasteiger partial charge in [-0.25, -0.2) is 4.98 Å². The highest BCUT2D eigenvalue weighted by Crippen LogP contribution is 2.27. The summed E-state index contributed by atoms with van der Waals surface area (Å²) in [4.78, 5) is 16.1. The molecule has 86 valence electrons. The maximum absolute atomic E-state index is 12.2. The molecule has 1 heterocycles. The number of benzene rings is 1. The van der Waals surface area contributed by atoms with Gasteiger partial charge in [-0.2, -0.15) is 0 Å². The second-order valence-corrected chi connectivity index (χ2v) is 4.37. The molecule has 0 saturated heterocycles. The summed E-state index contributed by atoms with van der Waals surface area (Å²) < 4.78 is 1.44. The van der Waals surface area contributed by atoms with Crippen molar-refractivity contribution >= 4 is 11.9 Å². The molecule has 0 saturated carbocycles. The summed E-state index contributed by atoms with van der Waals surface area (Å²) in [7, 11) is 0. The molecule has 0 amide bonds. The van der Waals surface area contributed by atoms with Crippen molar-refractivity contribution in [3.8, 4) is 0 Å². The third-order valence-corrected chi connectivity index (χ3v) is 3.31. The van der Waals surface area contributed by atoms with Crippen LogP contribution in [0.3, 0.4) is 0 Å². The maximum atomic E-state index is 12.2. The average molecular weight is 227 g/mol. The van der Waals surface area contributed by atoms with E-state index in [1.807, 2.05) is 12.1 Å². The number of nitrogen functional groups attached to an aromatic ring is 1. The van der Waals surface area contributed by atoms with Crippen LogP contribution in [0.4, 0.5) is 5.95 Å². The van der Waals surface area contributed by atoms with E-state index in [0.717, 1.165) is 12.8 Å². The van der Waals surface area contributed by atoms with Gasteiger partial charge in [0, 0.05) is 18.3 Å². The minimum Gasteiger partial charge on any atom is -0.369 e. The van der Waals surface area contributed by atoms with Gasteiger partial charge in [0.05, 0.1) is 0 Å². The Labute approximate surface area is 99.1 Å². The first-order valence-electron chi connectivity index (χ1n) is 5.65. The van der Waals surface area contributed by atoms with E-state index in [1.165, 1.54) is 15.7 Å². The number of aromatic nitrogens is 2. The lowest BCUT2D eigenvalue weighted by atomic mass is 10.1. The summed E-state index contributed by atoms with van der Waals surface area (Å²) >= 11 is 0. The number of nitrogens with zero attached hydrogens (tertiary/aromatic N) is 2. The molecule has 0 aliphatic heterocycles. The van der Waals surface area contributed by atoms with Gasteiger partial charge in [-0.1, -0.05) is 24.3 Å². The van der Waals surface area contributed by atoms with E-state index in [1.54, 1.807) is 12.4 Å². The molecular weight excluding hydrogens is 214 g/mol. The van der Waals surface area contributed by atoms with Crippen molar-refractivity contribution < 1.29 is 4.79 Å². The average Bonchev–Trinajstić information content (AvgIpc) is 2.93. The van der Waals surface area contributed by atoms with E-state index in [9.17, 15) is 4.79 Å². The van der Waals surface area contributed by atoms with E-state index >= 15 is 0 Å². The van der Waals surface area contributed by atoms with Crippen LogP contribution in [-0.2, 0) is 12.8 Å². The summed E-state index contributed by atoms with van der Waals surface area (Å²) in [6.07, 6.45) is 4.77. The van der Waals surface area contributed by atoms with Gasteiger partial charge < -0.3 is 5.73 Å². The molecule has 2 N–H and O–H groups in total. The number of anilines is 1. The van der Waals surface area contributed by atoms with Crippen molar-refractivity contribution in [1.29, 1.82) is 0 Å². The van der Waals surface area contributed by atoms with Gasteiger partial charge in [0.1, 0.15) is 0 Å². The zero-order chi connectivity index (χ0) is 11.8. The first-order chi connectivity index (χ1) is 8.25. The molecule has 1 aliphatic rings. The van der Waals surface area contributed by atoms with Crippen molar-refractivity contribution in [2.45, 2.75) is 12.8 Å². The van der Waals surface area contributed by atoms with E-state index in [-0.39, 0.29) is 17.8 Å². The van der Waals surface area contributed by atoms with E-state index in [2.05, 4.69) is 17.1 Å². The summed E-state index contributed by atoms with van der Waals surface area (Å²) in [6, 6.07) is 8.19. The molecule has 0 bridgehead atoms. The van der Waals surface area contributed by atoms with Crippen molar-refractivity contribution in [2.75, 3.05) is 5.73 Å². The summed E-state index contributed by atoms with van der Waals surface area (Å²) in [5.41, 5.74) is 8.18. The fourth-order valence-corrected chi connectivity index (χ4v) is 2.43. The Morgan fingerprint density at radius 1 is 1.29 bits per heavy atom. The van der Waals surface area contributed by atoms with Crippen LogP contribution in [0.15, 0.2) is 36.7 Å². The molecule has 4 heteroatoms. The lowest BCUT2D eigenvalue weighted by Crippen LogP contribution is -2.23. The SMILES string of the molecule is Nc1nccn1C(=O)C1Cc2ccccc2C1. The number of hydrogen-bond donors (Lipinski definition) is 1. The lowest BCUT2D eigenvalue weighted by Gasteiger charge is -2.09. The molecule has 4 nitrogen and oxygen atoms in total. The predicted octanol–water partition coefficient (Wildman–Crippen LogP) is 1.52. The van der Waals surface area contributed by atoms with Crippen LogP contribution in [0.1, 0.15) is 15.9 Å². The molecule has 1 aromatic heterocycles. The van der Waals surface area contributed by atoms with Gasteiger partial charge in [-0.05, 0) is 24.0 Å². The van der Waals surface area contributed by atoms with Crippen LogP contribution in [0.25, 0.3) is 0 Å². The third-order valence-electron chi connectivity index (χ3n) is 3.31. The van der Waals surface area contributed by atoms with Crippen LogP contribution in [-0.4, -0.2) is 15.5 Å². The monoisotopic (exact) mass is 227 g/mol. The zero-order valence-corrected chi connectivity index (χ0v) is 9.34. The van der Waals surface area contributed by atoms with Gasteiger partial charge in [0.2, 0.25) is 11.9 Å². The van der Waals surface area contributed by atoms with E-state index in [4.69, 9.17) is 5.73 Å². The fourth-order valence-electron chi connectivity index (χ4n) is 2.43. The second kappa shape index (κ2) is 3.73. The van der Waals surface area contributed by atoms with E-state index < -0.39 is 0 Å². The van der Waals surface area contributed by atoms with Gasteiger partial charge in [-0.3, -0.25) is 9.36 Å². The van der Waals surface area contributed by atoms with Crippen molar-refractivity contribution in [3.05, 3.63) is 47.8 Å². The molecule has 0 radical (unpaired) electrons. The van der Waals surface area contributed by atoms with Crippen LogP contribution in [0.2, 0.25) is 0 Å². The largest absolute Gasteiger partial charge is 0.369 e. The fraction of sp³-hybridized carbons (Fsp3) is 0.231. The Balaban J connectivity index is 1.86. The Hall–Kier alpha value is -2.10. The predicted molar refractivity (Wildman–Crippen MR) is 64.6 cm³/mol. The van der Waals surface area contributed by atoms with Crippen molar-refractivity contribution in [1.82, 2.24) is 9.55 Å². The minimum atomic E-state index is -0.0103. The van der Waals surface area contributed by atoms with Gasteiger partial charge in [0.25, 0.3) is 0 Å². The molecule has 1 aromatic carbocycles. The van der Waals surface area contributed by atoms with Gasteiger partial charge in [-0.15, -0.1) is 0 Å². The van der Waals surface area contributed by atoms with Gasteiger partial charge in [0.15, 0.2) is 0 Å². The second-order valence-electron chi connectivity index (χ2n) is 4.37. The molecule has 3 rings (SSSR count). The molecule has 2 aromatic rings. The first-order valence-corrected chi connectivity index (χ1v) is 5.65. The number of carbonyl (C=O) groups excluding carboxylic acids is 1. The molecule has 17 heavy (non-hydrogen) atoms. The third kappa shape index (κ3) is 1.62. The van der Waals surface area contributed by atoms with Crippen molar-refractivity contribution in [2.24, 2.45) is 5.92 Å². The summed E-state index contributed by atoms with van der Waals surface area (Å²) in [5, 5.41) is 0. The molecule has 1 aliphatic carbocycles. The first kappa shape index (κ1) is 10.1. The smallest absolute Gasteiger partial charge is 0.237 e. The molecule has 0 atom stereocenters. The number of hydrogen-bond acceptors (Lipinski definition) is 3. The molecule has 0 unspecified atom stereocenters. The lowest BCUT2D eigenvalue weighted by molar-refractivity contribution is 0.0842. The highest BCUT2D eigenvalue weighted by molar-refractivity contribution is 5.84. The number of imidazole rings is 1. The van der Waals surface area contributed by atoms with Crippen molar-refractivity contribution in [3.63, 3.8) is 0 Å². The topological polar surface area (TPSA) is 60.9 Å². The maximum Gasteiger partial charge on any atom is 0.237 e. The standard InChI is InChI=1S/C13H13N3O/c14-13-15-5-6-16(13)12(17)11-7-9-3-1-2-4-10(9)8-11/h1-6,11H,7-8H2,(H2,14,15). The molecule has 0 spiro atoms. The molecular formula is C13H13N3O. The number of nitrogens with two attached hydrogens (primary N) is 1. The van der Waals surface area contributed by atoms with Crippen LogP contribution in [0.5, 0.6) is 0 Å². The minimum absolute atomic E-state index is 0.0103. The van der Waals surface area contributed by atoms with Gasteiger partial charge >= 0.3 is 0 Å². The normalized spacial score (nSPS) is 14.8. The quantitative estimate of drug-likeness (QED) is 0.803.